The van der Waals surface area contributed by atoms with E-state index in [1.54, 1.807) is 6.92 Å². The highest BCUT2D eigenvalue weighted by Crippen LogP contribution is 2.33. The van der Waals surface area contributed by atoms with Gasteiger partial charge >= 0.3 is 5.97 Å². The molecule has 0 saturated carbocycles. The highest BCUT2D eigenvalue weighted by atomic mass is 35.5. The SMILES string of the molecule is CCOC(=O)c1oc(-c2ccc(Cl)cc2Cl)nc1C(F)F. The molecule has 0 unspecified atom stereocenters. The van der Waals surface area contributed by atoms with Crippen LogP contribution in [0.2, 0.25) is 10.0 Å². The summed E-state index contributed by atoms with van der Waals surface area (Å²) in [6.45, 7) is 1.58. The van der Waals surface area contributed by atoms with Crippen LogP contribution in [0.25, 0.3) is 11.5 Å². The molecule has 8 heteroatoms. The second kappa shape index (κ2) is 6.41. The van der Waals surface area contributed by atoms with Crippen LogP contribution in [0.15, 0.2) is 22.6 Å². The molecule has 112 valence electrons. The van der Waals surface area contributed by atoms with Crippen molar-refractivity contribution in [2.75, 3.05) is 6.61 Å². The van der Waals surface area contributed by atoms with Crippen LogP contribution in [0, 0.1) is 0 Å². The van der Waals surface area contributed by atoms with E-state index in [0.717, 1.165) is 0 Å². The normalized spacial score (nSPS) is 11.0. The molecular weight excluding hydrogens is 327 g/mol. The molecule has 0 aliphatic rings. The third-order valence-electron chi connectivity index (χ3n) is 2.48. The van der Waals surface area contributed by atoms with Crippen molar-refractivity contribution >= 4 is 29.2 Å². The Morgan fingerprint density at radius 3 is 2.71 bits per heavy atom. The fourth-order valence-electron chi connectivity index (χ4n) is 1.60. The van der Waals surface area contributed by atoms with Crippen LogP contribution in [-0.2, 0) is 4.74 Å². The Balaban J connectivity index is 2.51. The molecule has 2 rings (SSSR count). The van der Waals surface area contributed by atoms with E-state index in [-0.39, 0.29) is 23.1 Å². The van der Waals surface area contributed by atoms with E-state index < -0.39 is 23.8 Å². The first-order valence-corrected chi connectivity index (χ1v) is 6.61. The van der Waals surface area contributed by atoms with Gasteiger partial charge in [0.1, 0.15) is 0 Å². The zero-order valence-corrected chi connectivity index (χ0v) is 12.2. The van der Waals surface area contributed by atoms with Gasteiger partial charge in [-0.15, -0.1) is 0 Å². The number of nitrogens with zero attached hydrogens (tertiary/aromatic N) is 1. The number of carbonyl (C=O) groups excluding carboxylic acids is 1. The van der Waals surface area contributed by atoms with Crippen molar-refractivity contribution in [1.29, 1.82) is 0 Å². The van der Waals surface area contributed by atoms with Gasteiger partial charge in [-0.3, -0.25) is 0 Å². The number of ether oxygens (including phenoxy) is 1. The predicted molar refractivity (Wildman–Crippen MR) is 72.9 cm³/mol. The Bertz CT molecular complexity index is 673. The van der Waals surface area contributed by atoms with E-state index in [1.807, 2.05) is 0 Å². The smallest absolute Gasteiger partial charge is 0.376 e. The fraction of sp³-hybridized carbons (Fsp3) is 0.231. The Morgan fingerprint density at radius 1 is 1.43 bits per heavy atom. The second-order valence-electron chi connectivity index (χ2n) is 3.88. The zero-order chi connectivity index (χ0) is 15.6. The van der Waals surface area contributed by atoms with Crippen LogP contribution < -0.4 is 0 Å². The molecule has 0 amide bonds. The number of hydrogen-bond acceptors (Lipinski definition) is 4. The lowest BCUT2D eigenvalue weighted by atomic mass is 10.2. The Labute approximate surface area is 128 Å². The first-order chi connectivity index (χ1) is 9.93. The first-order valence-electron chi connectivity index (χ1n) is 5.85. The number of oxazole rings is 1. The van der Waals surface area contributed by atoms with Crippen molar-refractivity contribution in [3.05, 3.63) is 39.7 Å². The molecule has 0 atom stereocenters. The monoisotopic (exact) mass is 335 g/mol. The summed E-state index contributed by atoms with van der Waals surface area (Å²) in [7, 11) is 0. The van der Waals surface area contributed by atoms with Crippen LogP contribution in [0.4, 0.5) is 8.78 Å². The van der Waals surface area contributed by atoms with E-state index >= 15 is 0 Å². The molecular formula is C13H9Cl2F2NO3. The summed E-state index contributed by atoms with van der Waals surface area (Å²) in [5, 5.41) is 0.537. The maximum atomic E-state index is 12.9. The van der Waals surface area contributed by atoms with Crippen LogP contribution in [-0.4, -0.2) is 17.6 Å². The quantitative estimate of drug-likeness (QED) is 0.755. The molecule has 21 heavy (non-hydrogen) atoms. The molecule has 0 aliphatic carbocycles. The Kier molecular flexibility index (Phi) is 4.80. The molecule has 1 heterocycles. The van der Waals surface area contributed by atoms with Gasteiger partial charge in [-0.25, -0.2) is 18.6 Å². The van der Waals surface area contributed by atoms with Gasteiger partial charge in [0, 0.05) is 5.02 Å². The number of benzene rings is 1. The second-order valence-corrected chi connectivity index (χ2v) is 4.72. The number of hydrogen-bond donors (Lipinski definition) is 0. The largest absolute Gasteiger partial charge is 0.460 e. The fourth-order valence-corrected chi connectivity index (χ4v) is 2.09. The Morgan fingerprint density at radius 2 is 2.14 bits per heavy atom. The van der Waals surface area contributed by atoms with Gasteiger partial charge in [0.15, 0.2) is 5.69 Å². The number of halogens is 4. The van der Waals surface area contributed by atoms with Gasteiger partial charge < -0.3 is 9.15 Å². The number of rotatable bonds is 4. The maximum Gasteiger partial charge on any atom is 0.376 e. The van der Waals surface area contributed by atoms with Gasteiger partial charge in [-0.2, -0.15) is 0 Å². The van der Waals surface area contributed by atoms with Crippen molar-refractivity contribution in [1.82, 2.24) is 4.98 Å². The summed E-state index contributed by atoms with van der Waals surface area (Å²) >= 11 is 11.7. The molecule has 1 aromatic carbocycles. The maximum absolute atomic E-state index is 12.9. The molecule has 0 N–H and O–H groups in total. The van der Waals surface area contributed by atoms with Gasteiger partial charge in [-0.05, 0) is 25.1 Å². The van der Waals surface area contributed by atoms with Crippen LogP contribution in [0.5, 0.6) is 0 Å². The standard InChI is InChI=1S/C13H9Cl2F2NO3/c1-2-20-13(19)10-9(11(16)17)18-12(21-10)7-4-3-6(14)5-8(7)15/h3-5,11H,2H2,1H3. The zero-order valence-electron chi connectivity index (χ0n) is 10.7. The summed E-state index contributed by atoms with van der Waals surface area (Å²) < 4.78 is 35.6. The molecule has 0 saturated heterocycles. The van der Waals surface area contributed by atoms with Gasteiger partial charge in [0.2, 0.25) is 11.7 Å². The van der Waals surface area contributed by atoms with Crippen LogP contribution in [0.1, 0.15) is 29.6 Å². The van der Waals surface area contributed by atoms with Crippen molar-refractivity contribution in [3.63, 3.8) is 0 Å². The van der Waals surface area contributed by atoms with Crippen LogP contribution in [0.3, 0.4) is 0 Å². The molecule has 0 aliphatic heterocycles. The minimum Gasteiger partial charge on any atom is -0.460 e. The van der Waals surface area contributed by atoms with E-state index in [0.29, 0.717) is 5.02 Å². The average Bonchev–Trinajstić information content (AvgIpc) is 2.84. The number of alkyl halides is 2. The van der Waals surface area contributed by atoms with Gasteiger partial charge in [-0.1, -0.05) is 23.2 Å². The van der Waals surface area contributed by atoms with Crippen molar-refractivity contribution < 1.29 is 22.7 Å². The summed E-state index contributed by atoms with van der Waals surface area (Å²) in [5.74, 6) is -1.83. The van der Waals surface area contributed by atoms with Crippen molar-refractivity contribution in [3.8, 4) is 11.5 Å². The summed E-state index contributed by atoms with van der Waals surface area (Å²) in [5.41, 5.74) is -0.534. The molecule has 0 radical (unpaired) electrons. The van der Waals surface area contributed by atoms with Crippen molar-refractivity contribution in [2.45, 2.75) is 13.3 Å². The summed E-state index contributed by atoms with van der Waals surface area (Å²) in [4.78, 5) is 15.2. The summed E-state index contributed by atoms with van der Waals surface area (Å²) in [6, 6.07) is 4.37. The van der Waals surface area contributed by atoms with Gasteiger partial charge in [0.25, 0.3) is 6.43 Å². The molecule has 0 bridgehead atoms. The third kappa shape index (κ3) is 3.33. The van der Waals surface area contributed by atoms with Crippen molar-refractivity contribution in [2.24, 2.45) is 0 Å². The van der Waals surface area contributed by atoms with Gasteiger partial charge in [0.05, 0.1) is 17.2 Å². The number of esters is 1. The van der Waals surface area contributed by atoms with E-state index in [1.165, 1.54) is 18.2 Å². The summed E-state index contributed by atoms with van der Waals surface area (Å²) in [6.07, 6.45) is -2.98. The minimum absolute atomic E-state index is 0.0270. The lowest BCUT2D eigenvalue weighted by Gasteiger charge is -2.00. The van der Waals surface area contributed by atoms with Crippen LogP contribution >= 0.6 is 23.2 Å². The highest BCUT2D eigenvalue weighted by molar-refractivity contribution is 6.36. The Hall–Kier alpha value is -1.66. The third-order valence-corrected chi connectivity index (χ3v) is 3.03. The average molecular weight is 336 g/mol. The number of aromatic nitrogens is 1. The topological polar surface area (TPSA) is 52.3 Å². The highest BCUT2D eigenvalue weighted by Gasteiger charge is 2.28. The predicted octanol–water partition coefficient (Wildman–Crippen LogP) is 4.76. The first kappa shape index (κ1) is 15.7. The molecule has 1 aromatic heterocycles. The molecule has 2 aromatic rings. The lowest BCUT2D eigenvalue weighted by molar-refractivity contribution is 0.0476. The minimum atomic E-state index is -2.98. The lowest BCUT2D eigenvalue weighted by Crippen LogP contribution is -2.06. The molecule has 0 spiro atoms. The molecule has 4 nitrogen and oxygen atoms in total. The van der Waals surface area contributed by atoms with E-state index in [9.17, 15) is 13.6 Å². The molecule has 0 fully saturated rings. The number of carbonyl (C=O) groups is 1. The van der Waals surface area contributed by atoms with E-state index in [4.69, 9.17) is 27.6 Å². The van der Waals surface area contributed by atoms with E-state index in [2.05, 4.69) is 9.72 Å².